The van der Waals surface area contributed by atoms with Gasteiger partial charge in [-0.15, -0.1) is 0 Å². The lowest BCUT2D eigenvalue weighted by Crippen LogP contribution is -2.41. The molecule has 0 saturated heterocycles. The summed E-state index contributed by atoms with van der Waals surface area (Å²) in [6, 6.07) is 9.62. The summed E-state index contributed by atoms with van der Waals surface area (Å²) in [6.07, 6.45) is 0.645. The van der Waals surface area contributed by atoms with Crippen LogP contribution in [0.5, 0.6) is 0 Å². The number of nitrogens with one attached hydrogen (secondary N) is 1. The molecule has 1 rings (SSSR count). The standard InChI is InChI=1S/C14H21NO2.C2H6O/c1-14(2,3)17-13(16)12(15-4)10-11-8-6-5-7-9-11;1-2-3/h5-9,12,15H,10H2,1-4H3;3H,2H2,1H3/t12-;/m0./s1. The number of hydrogen-bond donors (Lipinski definition) is 2. The van der Waals surface area contributed by atoms with Crippen molar-refractivity contribution in [3.05, 3.63) is 35.9 Å². The van der Waals surface area contributed by atoms with Crippen LogP contribution in [0, 0.1) is 0 Å². The van der Waals surface area contributed by atoms with E-state index in [9.17, 15) is 4.79 Å². The molecular weight excluding hydrogens is 254 g/mol. The summed E-state index contributed by atoms with van der Waals surface area (Å²) in [4.78, 5) is 11.9. The van der Waals surface area contributed by atoms with Crippen molar-refractivity contribution in [1.82, 2.24) is 5.32 Å². The summed E-state index contributed by atoms with van der Waals surface area (Å²) in [5.74, 6) is -0.205. The van der Waals surface area contributed by atoms with Crippen LogP contribution in [-0.2, 0) is 16.0 Å². The zero-order valence-corrected chi connectivity index (χ0v) is 13.1. The van der Waals surface area contributed by atoms with E-state index in [-0.39, 0.29) is 18.6 Å². The number of aliphatic hydroxyl groups excluding tert-OH is 1. The Morgan fingerprint density at radius 3 is 2.20 bits per heavy atom. The molecule has 0 bridgehead atoms. The number of carbonyl (C=O) groups is 1. The fourth-order valence-electron chi connectivity index (χ4n) is 1.53. The largest absolute Gasteiger partial charge is 0.459 e. The van der Waals surface area contributed by atoms with Crippen molar-refractivity contribution in [2.24, 2.45) is 0 Å². The smallest absolute Gasteiger partial charge is 0.323 e. The van der Waals surface area contributed by atoms with Gasteiger partial charge in [-0.1, -0.05) is 30.3 Å². The number of hydrogen-bond acceptors (Lipinski definition) is 4. The third kappa shape index (κ3) is 8.67. The average molecular weight is 281 g/mol. The Labute approximate surface area is 122 Å². The van der Waals surface area contributed by atoms with Gasteiger partial charge in [-0.25, -0.2) is 0 Å². The molecule has 0 aliphatic carbocycles. The quantitative estimate of drug-likeness (QED) is 0.830. The molecule has 0 heterocycles. The van der Waals surface area contributed by atoms with E-state index in [0.717, 1.165) is 5.56 Å². The van der Waals surface area contributed by atoms with Gasteiger partial charge < -0.3 is 15.2 Å². The third-order valence-electron chi connectivity index (χ3n) is 2.32. The Morgan fingerprint density at radius 1 is 1.30 bits per heavy atom. The van der Waals surface area contributed by atoms with Crippen LogP contribution in [0.1, 0.15) is 33.3 Å². The van der Waals surface area contributed by atoms with E-state index in [1.165, 1.54) is 0 Å². The summed E-state index contributed by atoms with van der Waals surface area (Å²) in [5, 5.41) is 10.6. The maximum Gasteiger partial charge on any atom is 0.323 e. The molecule has 0 unspecified atom stereocenters. The van der Waals surface area contributed by atoms with E-state index in [1.807, 2.05) is 51.1 Å². The van der Waals surface area contributed by atoms with Crippen molar-refractivity contribution in [3.63, 3.8) is 0 Å². The number of likely N-dealkylation sites (N-methyl/N-ethyl adjacent to an activating group) is 1. The van der Waals surface area contributed by atoms with Crippen LogP contribution in [0.2, 0.25) is 0 Å². The number of carbonyl (C=O) groups excluding carboxylic acids is 1. The van der Waals surface area contributed by atoms with Gasteiger partial charge in [-0.05, 0) is 46.7 Å². The molecule has 1 aromatic rings. The number of esters is 1. The highest BCUT2D eigenvalue weighted by Gasteiger charge is 2.23. The molecule has 0 amide bonds. The van der Waals surface area contributed by atoms with Crippen LogP contribution in [-0.4, -0.2) is 36.4 Å². The molecule has 114 valence electrons. The average Bonchev–Trinajstić information content (AvgIpc) is 2.36. The molecule has 4 heteroatoms. The zero-order chi connectivity index (χ0) is 15.6. The fraction of sp³-hybridized carbons (Fsp3) is 0.562. The number of ether oxygens (including phenoxy) is 1. The van der Waals surface area contributed by atoms with Gasteiger partial charge in [-0.2, -0.15) is 0 Å². The van der Waals surface area contributed by atoms with Gasteiger partial charge in [0.1, 0.15) is 11.6 Å². The molecule has 0 spiro atoms. The van der Waals surface area contributed by atoms with Crippen LogP contribution in [0.15, 0.2) is 30.3 Å². The van der Waals surface area contributed by atoms with Gasteiger partial charge >= 0.3 is 5.97 Å². The Hall–Kier alpha value is -1.39. The first-order valence-corrected chi connectivity index (χ1v) is 6.89. The molecule has 4 nitrogen and oxygen atoms in total. The molecule has 0 radical (unpaired) electrons. The zero-order valence-electron chi connectivity index (χ0n) is 13.1. The van der Waals surface area contributed by atoms with E-state index < -0.39 is 5.60 Å². The number of benzene rings is 1. The predicted octanol–water partition coefficient (Wildman–Crippen LogP) is 2.16. The lowest BCUT2D eigenvalue weighted by Gasteiger charge is -2.23. The molecular formula is C16H27NO3. The molecule has 0 aliphatic rings. The van der Waals surface area contributed by atoms with Gasteiger partial charge in [0, 0.05) is 6.61 Å². The summed E-state index contributed by atoms with van der Waals surface area (Å²) >= 11 is 0. The van der Waals surface area contributed by atoms with Gasteiger partial charge in [0.2, 0.25) is 0 Å². The highest BCUT2D eigenvalue weighted by Crippen LogP contribution is 2.11. The van der Waals surface area contributed by atoms with Crippen molar-refractivity contribution < 1.29 is 14.6 Å². The highest BCUT2D eigenvalue weighted by atomic mass is 16.6. The SMILES string of the molecule is CCO.CN[C@@H](Cc1ccccc1)C(=O)OC(C)(C)C. The minimum atomic E-state index is -0.442. The van der Waals surface area contributed by atoms with Crippen LogP contribution < -0.4 is 5.32 Å². The van der Waals surface area contributed by atoms with E-state index in [2.05, 4.69) is 5.32 Å². The van der Waals surface area contributed by atoms with E-state index in [4.69, 9.17) is 9.84 Å². The lowest BCUT2D eigenvalue weighted by molar-refractivity contribution is -0.157. The second-order valence-electron chi connectivity index (χ2n) is 5.38. The van der Waals surface area contributed by atoms with Gasteiger partial charge in [-0.3, -0.25) is 4.79 Å². The molecule has 2 N–H and O–H groups in total. The Kier molecular flexibility index (Phi) is 8.84. The van der Waals surface area contributed by atoms with Crippen molar-refractivity contribution in [2.45, 2.75) is 45.8 Å². The summed E-state index contributed by atoms with van der Waals surface area (Å²) < 4.78 is 5.36. The highest BCUT2D eigenvalue weighted by molar-refractivity contribution is 5.76. The van der Waals surface area contributed by atoms with E-state index >= 15 is 0 Å². The van der Waals surface area contributed by atoms with Crippen LogP contribution in [0.3, 0.4) is 0 Å². The first-order chi connectivity index (χ1) is 9.34. The van der Waals surface area contributed by atoms with Crippen molar-refractivity contribution in [2.75, 3.05) is 13.7 Å². The van der Waals surface area contributed by atoms with E-state index in [1.54, 1.807) is 14.0 Å². The molecule has 0 aliphatic heterocycles. The summed E-state index contributed by atoms with van der Waals surface area (Å²) in [6.45, 7) is 7.56. The van der Waals surface area contributed by atoms with Crippen LogP contribution in [0.25, 0.3) is 0 Å². The second kappa shape index (κ2) is 9.50. The maximum absolute atomic E-state index is 11.9. The first-order valence-electron chi connectivity index (χ1n) is 6.89. The lowest BCUT2D eigenvalue weighted by atomic mass is 10.1. The predicted molar refractivity (Wildman–Crippen MR) is 81.6 cm³/mol. The first kappa shape index (κ1) is 18.6. The van der Waals surface area contributed by atoms with Crippen molar-refractivity contribution in [1.29, 1.82) is 0 Å². The van der Waals surface area contributed by atoms with Crippen molar-refractivity contribution >= 4 is 5.97 Å². The topological polar surface area (TPSA) is 58.6 Å². The Balaban J connectivity index is 0.00000110. The van der Waals surface area contributed by atoms with Gasteiger partial charge in [0.05, 0.1) is 0 Å². The molecule has 0 saturated carbocycles. The summed E-state index contributed by atoms with van der Waals surface area (Å²) in [5.41, 5.74) is 0.681. The number of aliphatic hydroxyl groups is 1. The molecule has 1 aromatic carbocycles. The molecule has 0 fully saturated rings. The fourth-order valence-corrected chi connectivity index (χ4v) is 1.53. The van der Waals surface area contributed by atoms with Gasteiger partial charge in [0.25, 0.3) is 0 Å². The Bertz CT molecular complexity index is 371. The summed E-state index contributed by atoms with van der Waals surface area (Å²) in [7, 11) is 1.78. The monoisotopic (exact) mass is 281 g/mol. The van der Waals surface area contributed by atoms with E-state index in [0.29, 0.717) is 6.42 Å². The Morgan fingerprint density at radius 2 is 1.80 bits per heavy atom. The number of rotatable bonds is 4. The molecule has 0 aromatic heterocycles. The normalized spacial score (nSPS) is 12.1. The van der Waals surface area contributed by atoms with Gasteiger partial charge in [0.15, 0.2) is 0 Å². The third-order valence-corrected chi connectivity index (χ3v) is 2.32. The minimum absolute atomic E-state index is 0.205. The van der Waals surface area contributed by atoms with Crippen LogP contribution >= 0.6 is 0 Å². The van der Waals surface area contributed by atoms with Crippen LogP contribution in [0.4, 0.5) is 0 Å². The molecule has 20 heavy (non-hydrogen) atoms. The molecule has 1 atom stereocenters. The second-order valence-corrected chi connectivity index (χ2v) is 5.38. The van der Waals surface area contributed by atoms with Crippen molar-refractivity contribution in [3.8, 4) is 0 Å². The minimum Gasteiger partial charge on any atom is -0.459 e. The maximum atomic E-state index is 11.9.